The Kier molecular flexibility index (Phi) is 6.82. The van der Waals surface area contributed by atoms with Crippen molar-refractivity contribution < 1.29 is 9.53 Å². The largest absolute Gasteiger partial charge is 0.457 e. The molecule has 2 N–H and O–H groups in total. The van der Waals surface area contributed by atoms with E-state index in [-0.39, 0.29) is 11.9 Å². The van der Waals surface area contributed by atoms with Gasteiger partial charge in [0.05, 0.1) is 6.04 Å². The fourth-order valence-corrected chi connectivity index (χ4v) is 2.50. The van der Waals surface area contributed by atoms with Gasteiger partial charge < -0.3 is 15.4 Å². The second kappa shape index (κ2) is 9.08. The van der Waals surface area contributed by atoms with Crippen molar-refractivity contribution in [3.05, 3.63) is 54.6 Å². The molecule has 0 bridgehead atoms. The number of rotatable bonds is 8. The Morgan fingerprint density at radius 2 is 1.62 bits per heavy atom. The molecule has 0 aromatic heterocycles. The van der Waals surface area contributed by atoms with Gasteiger partial charge in [0.15, 0.2) is 0 Å². The van der Waals surface area contributed by atoms with Crippen molar-refractivity contribution in [2.45, 2.75) is 45.7 Å². The van der Waals surface area contributed by atoms with Crippen molar-refractivity contribution in [3.63, 3.8) is 0 Å². The highest BCUT2D eigenvalue weighted by atomic mass is 16.5. The van der Waals surface area contributed by atoms with Gasteiger partial charge in [-0.15, -0.1) is 0 Å². The molecule has 0 fully saturated rings. The first-order valence-electron chi connectivity index (χ1n) is 8.48. The smallest absolute Gasteiger partial charge is 0.241 e. The molecule has 2 aromatic carbocycles. The van der Waals surface area contributed by atoms with Crippen molar-refractivity contribution in [3.8, 4) is 11.5 Å². The maximum absolute atomic E-state index is 12.2. The lowest BCUT2D eigenvalue weighted by Gasteiger charge is -2.19. The summed E-state index contributed by atoms with van der Waals surface area (Å²) >= 11 is 0. The van der Waals surface area contributed by atoms with Gasteiger partial charge in [0.25, 0.3) is 0 Å². The highest BCUT2D eigenvalue weighted by molar-refractivity contribution is 5.94. The Morgan fingerprint density at radius 1 is 1.00 bits per heavy atom. The molecule has 0 aliphatic carbocycles. The summed E-state index contributed by atoms with van der Waals surface area (Å²) in [7, 11) is 0. The molecule has 128 valence electrons. The molecule has 0 aliphatic rings. The molecule has 0 saturated carbocycles. The molecule has 0 saturated heterocycles. The van der Waals surface area contributed by atoms with Crippen LogP contribution in [0.2, 0.25) is 0 Å². The molecule has 1 amide bonds. The van der Waals surface area contributed by atoms with E-state index in [1.54, 1.807) is 0 Å². The molecule has 0 heterocycles. The van der Waals surface area contributed by atoms with Gasteiger partial charge in [0, 0.05) is 11.7 Å². The summed E-state index contributed by atoms with van der Waals surface area (Å²) in [4.78, 5) is 12.2. The van der Waals surface area contributed by atoms with E-state index in [2.05, 4.69) is 24.5 Å². The lowest BCUT2D eigenvalue weighted by atomic mass is 10.1. The van der Waals surface area contributed by atoms with Crippen LogP contribution in [0.15, 0.2) is 54.6 Å². The Hall–Kier alpha value is -2.33. The highest BCUT2D eigenvalue weighted by Crippen LogP contribution is 2.22. The van der Waals surface area contributed by atoms with Crippen LogP contribution in [-0.4, -0.2) is 18.0 Å². The number of ether oxygens (including phenoxy) is 1. The monoisotopic (exact) mass is 326 g/mol. The molecule has 4 nitrogen and oxygen atoms in total. The van der Waals surface area contributed by atoms with Crippen molar-refractivity contribution in [1.82, 2.24) is 5.32 Å². The van der Waals surface area contributed by atoms with Gasteiger partial charge in [-0.05, 0) is 56.7 Å². The zero-order valence-corrected chi connectivity index (χ0v) is 14.6. The highest BCUT2D eigenvalue weighted by Gasteiger charge is 2.15. The van der Waals surface area contributed by atoms with Crippen LogP contribution >= 0.6 is 0 Å². The number of benzene rings is 2. The zero-order valence-electron chi connectivity index (χ0n) is 14.6. The molecule has 0 radical (unpaired) electrons. The first kappa shape index (κ1) is 18.0. The predicted molar refractivity (Wildman–Crippen MR) is 98.6 cm³/mol. The van der Waals surface area contributed by atoms with Gasteiger partial charge in [-0.2, -0.15) is 0 Å². The second-order valence-electron chi connectivity index (χ2n) is 6.01. The van der Waals surface area contributed by atoms with E-state index in [0.717, 1.165) is 30.0 Å². The topological polar surface area (TPSA) is 50.4 Å². The van der Waals surface area contributed by atoms with Crippen LogP contribution in [0.1, 0.15) is 33.6 Å². The van der Waals surface area contributed by atoms with E-state index in [1.165, 1.54) is 0 Å². The predicted octanol–water partition coefficient (Wildman–Crippen LogP) is 4.58. The number of amides is 1. The first-order chi connectivity index (χ1) is 11.6. The minimum Gasteiger partial charge on any atom is -0.457 e. The molecule has 0 aliphatic heterocycles. The van der Waals surface area contributed by atoms with Crippen LogP contribution in [0.4, 0.5) is 5.69 Å². The van der Waals surface area contributed by atoms with Crippen LogP contribution in [0.25, 0.3) is 0 Å². The Bertz CT molecular complexity index is 626. The fraction of sp³-hybridized carbons (Fsp3) is 0.350. The third-order valence-corrected chi connectivity index (χ3v) is 3.75. The van der Waals surface area contributed by atoms with E-state index in [1.807, 2.05) is 61.5 Å². The number of carbonyl (C=O) groups excluding carboxylic acids is 1. The maximum Gasteiger partial charge on any atom is 0.241 e. The average Bonchev–Trinajstić information content (AvgIpc) is 2.57. The van der Waals surface area contributed by atoms with E-state index in [0.29, 0.717) is 6.04 Å². The van der Waals surface area contributed by atoms with Crippen LogP contribution in [0, 0.1) is 0 Å². The summed E-state index contributed by atoms with van der Waals surface area (Å²) in [6.07, 6.45) is 2.16. The standard InChI is InChI=1S/C20H26N2O2/c1-4-8-15(2)21-16(3)20(23)22-17-11-13-19(14-12-17)24-18-9-6-5-7-10-18/h5-7,9-16,21H,4,8H2,1-3H3,(H,22,23)/t15-,16+/m1/s1. The number of para-hydroxylation sites is 1. The first-order valence-corrected chi connectivity index (χ1v) is 8.48. The Labute approximate surface area is 144 Å². The summed E-state index contributed by atoms with van der Waals surface area (Å²) in [5.41, 5.74) is 0.761. The molecule has 2 atom stereocenters. The molecular weight excluding hydrogens is 300 g/mol. The third-order valence-electron chi connectivity index (χ3n) is 3.75. The Balaban J connectivity index is 1.88. The Morgan fingerprint density at radius 3 is 2.25 bits per heavy atom. The van der Waals surface area contributed by atoms with Crippen LogP contribution < -0.4 is 15.4 Å². The van der Waals surface area contributed by atoms with Gasteiger partial charge in [-0.25, -0.2) is 0 Å². The van der Waals surface area contributed by atoms with Crippen LogP contribution in [-0.2, 0) is 4.79 Å². The minimum absolute atomic E-state index is 0.0327. The number of nitrogens with one attached hydrogen (secondary N) is 2. The molecule has 0 spiro atoms. The van der Waals surface area contributed by atoms with Crippen LogP contribution in [0.3, 0.4) is 0 Å². The molecule has 4 heteroatoms. The van der Waals surface area contributed by atoms with Crippen molar-refractivity contribution in [2.75, 3.05) is 5.32 Å². The summed E-state index contributed by atoms with van der Waals surface area (Å²) in [5, 5.41) is 6.23. The zero-order chi connectivity index (χ0) is 17.4. The summed E-state index contributed by atoms with van der Waals surface area (Å²) < 4.78 is 5.74. The van der Waals surface area contributed by atoms with Gasteiger partial charge in [-0.3, -0.25) is 4.79 Å². The molecular formula is C20H26N2O2. The van der Waals surface area contributed by atoms with E-state index in [9.17, 15) is 4.79 Å². The third kappa shape index (κ3) is 5.70. The van der Waals surface area contributed by atoms with Gasteiger partial charge >= 0.3 is 0 Å². The van der Waals surface area contributed by atoms with E-state index in [4.69, 9.17) is 4.74 Å². The number of hydrogen-bond acceptors (Lipinski definition) is 3. The molecule has 2 aromatic rings. The summed E-state index contributed by atoms with van der Waals surface area (Å²) in [6, 6.07) is 17.1. The van der Waals surface area contributed by atoms with Crippen molar-refractivity contribution >= 4 is 11.6 Å². The lowest BCUT2D eigenvalue weighted by molar-refractivity contribution is -0.117. The minimum atomic E-state index is -0.230. The fourth-order valence-electron chi connectivity index (χ4n) is 2.50. The van der Waals surface area contributed by atoms with Crippen LogP contribution in [0.5, 0.6) is 11.5 Å². The summed E-state index contributed by atoms with van der Waals surface area (Å²) in [6.45, 7) is 6.12. The van der Waals surface area contributed by atoms with Gasteiger partial charge in [0.1, 0.15) is 11.5 Å². The molecule has 24 heavy (non-hydrogen) atoms. The van der Waals surface area contributed by atoms with Crippen molar-refractivity contribution in [2.24, 2.45) is 0 Å². The molecule has 2 rings (SSSR count). The SMILES string of the molecule is CCC[C@@H](C)N[C@@H](C)C(=O)Nc1ccc(Oc2ccccc2)cc1. The second-order valence-corrected chi connectivity index (χ2v) is 6.01. The lowest BCUT2D eigenvalue weighted by Crippen LogP contribution is -2.42. The average molecular weight is 326 g/mol. The van der Waals surface area contributed by atoms with E-state index < -0.39 is 0 Å². The number of carbonyl (C=O) groups is 1. The van der Waals surface area contributed by atoms with Crippen molar-refractivity contribution in [1.29, 1.82) is 0 Å². The molecule has 0 unspecified atom stereocenters. The normalized spacial score (nSPS) is 13.1. The maximum atomic E-state index is 12.2. The number of hydrogen-bond donors (Lipinski definition) is 2. The number of anilines is 1. The summed E-state index contributed by atoms with van der Waals surface area (Å²) in [5.74, 6) is 1.49. The van der Waals surface area contributed by atoms with Gasteiger partial charge in [-0.1, -0.05) is 31.5 Å². The van der Waals surface area contributed by atoms with E-state index >= 15 is 0 Å². The van der Waals surface area contributed by atoms with Gasteiger partial charge in [0.2, 0.25) is 5.91 Å². The quantitative estimate of drug-likeness (QED) is 0.746.